The van der Waals surface area contributed by atoms with E-state index < -0.39 is 8.32 Å². The van der Waals surface area contributed by atoms with Gasteiger partial charge < -0.3 is 4.43 Å². The van der Waals surface area contributed by atoms with Crippen LogP contribution in [-0.2, 0) is 9.22 Å². The van der Waals surface area contributed by atoms with Crippen LogP contribution < -0.4 is 0 Å². The summed E-state index contributed by atoms with van der Waals surface area (Å²) < 4.78 is 6.20. The number of ketones is 1. The summed E-state index contributed by atoms with van der Waals surface area (Å²) in [6.45, 7) is 14.9. The van der Waals surface area contributed by atoms with E-state index in [0.29, 0.717) is 0 Å². The SMILES string of the molecule is CCCCCC(O[Si](C)(C)C(C)(C)C)C(C)=O. The van der Waals surface area contributed by atoms with Crippen LogP contribution in [0.15, 0.2) is 0 Å². The first kappa shape index (κ1) is 16.8. The zero-order chi connectivity index (χ0) is 13.7. The van der Waals surface area contributed by atoms with Gasteiger partial charge in [0, 0.05) is 0 Å². The molecule has 0 aromatic heterocycles. The Morgan fingerprint density at radius 2 is 1.76 bits per heavy atom. The molecule has 2 nitrogen and oxygen atoms in total. The zero-order valence-electron chi connectivity index (χ0n) is 12.7. The lowest BCUT2D eigenvalue weighted by Gasteiger charge is -2.38. The first-order valence-electron chi connectivity index (χ1n) is 6.80. The minimum atomic E-state index is -1.81. The van der Waals surface area contributed by atoms with E-state index in [0.717, 1.165) is 12.8 Å². The highest BCUT2D eigenvalue weighted by Crippen LogP contribution is 2.37. The Hall–Kier alpha value is -0.153. The van der Waals surface area contributed by atoms with Gasteiger partial charge in [-0.05, 0) is 31.5 Å². The summed E-state index contributed by atoms with van der Waals surface area (Å²) >= 11 is 0. The van der Waals surface area contributed by atoms with Gasteiger partial charge in [-0.2, -0.15) is 0 Å². The Morgan fingerprint density at radius 1 is 1.24 bits per heavy atom. The summed E-state index contributed by atoms with van der Waals surface area (Å²) in [7, 11) is -1.81. The molecule has 3 heteroatoms. The van der Waals surface area contributed by atoms with Crippen molar-refractivity contribution < 1.29 is 9.22 Å². The highest BCUT2D eigenvalue weighted by atomic mass is 28.4. The molecule has 0 saturated heterocycles. The van der Waals surface area contributed by atoms with Crippen LogP contribution in [0.4, 0.5) is 0 Å². The Balaban J connectivity index is 4.49. The highest BCUT2D eigenvalue weighted by Gasteiger charge is 2.39. The molecule has 1 unspecified atom stereocenters. The lowest BCUT2D eigenvalue weighted by Crippen LogP contribution is -2.45. The van der Waals surface area contributed by atoms with Crippen LogP contribution in [-0.4, -0.2) is 20.2 Å². The third-order valence-corrected chi connectivity index (χ3v) is 8.25. The van der Waals surface area contributed by atoms with Crippen LogP contribution in [0.3, 0.4) is 0 Å². The monoisotopic (exact) mass is 258 g/mol. The molecular weight excluding hydrogens is 228 g/mol. The number of carbonyl (C=O) groups is 1. The molecule has 0 radical (unpaired) electrons. The molecule has 0 amide bonds. The van der Waals surface area contributed by atoms with Crippen molar-refractivity contribution in [3.8, 4) is 0 Å². The number of Topliss-reactive ketones (excluding diaryl/α,β-unsaturated/α-hetero) is 1. The average molecular weight is 258 g/mol. The predicted molar refractivity (Wildman–Crippen MR) is 76.9 cm³/mol. The fraction of sp³-hybridized carbons (Fsp3) is 0.929. The molecule has 0 aliphatic heterocycles. The number of hydrogen-bond donors (Lipinski definition) is 0. The fourth-order valence-electron chi connectivity index (χ4n) is 1.46. The van der Waals surface area contributed by atoms with Gasteiger partial charge in [-0.3, -0.25) is 4.79 Å². The van der Waals surface area contributed by atoms with Crippen molar-refractivity contribution in [3.63, 3.8) is 0 Å². The summed E-state index contributed by atoms with van der Waals surface area (Å²) in [5.41, 5.74) is 0. The fourth-order valence-corrected chi connectivity index (χ4v) is 2.81. The van der Waals surface area contributed by atoms with Crippen LogP contribution in [0.1, 0.15) is 60.3 Å². The maximum Gasteiger partial charge on any atom is 0.193 e. The van der Waals surface area contributed by atoms with E-state index in [-0.39, 0.29) is 16.9 Å². The van der Waals surface area contributed by atoms with Gasteiger partial charge in [0.1, 0.15) is 6.10 Å². The molecular formula is C14H30O2Si. The topological polar surface area (TPSA) is 26.3 Å². The molecule has 0 aromatic rings. The molecule has 0 N–H and O–H groups in total. The first-order valence-corrected chi connectivity index (χ1v) is 9.71. The quantitative estimate of drug-likeness (QED) is 0.495. The second-order valence-electron chi connectivity index (χ2n) is 6.47. The molecule has 0 aliphatic carbocycles. The largest absolute Gasteiger partial charge is 0.407 e. The van der Waals surface area contributed by atoms with Gasteiger partial charge in [0.25, 0.3) is 0 Å². The van der Waals surface area contributed by atoms with E-state index in [1.54, 1.807) is 6.92 Å². The van der Waals surface area contributed by atoms with Gasteiger partial charge >= 0.3 is 0 Å². The van der Waals surface area contributed by atoms with Crippen molar-refractivity contribution in [2.75, 3.05) is 0 Å². The maximum absolute atomic E-state index is 11.6. The zero-order valence-corrected chi connectivity index (χ0v) is 13.7. The van der Waals surface area contributed by atoms with E-state index in [1.165, 1.54) is 12.8 Å². The molecule has 0 spiro atoms. The van der Waals surface area contributed by atoms with Crippen LogP contribution in [0.25, 0.3) is 0 Å². The molecule has 0 heterocycles. The van der Waals surface area contributed by atoms with Crippen LogP contribution in [0, 0.1) is 0 Å². The standard InChI is InChI=1S/C14H30O2Si/c1-8-9-10-11-13(12(2)15)16-17(6,7)14(3,4)5/h13H,8-11H2,1-7H3. The summed E-state index contributed by atoms with van der Waals surface area (Å²) in [6, 6.07) is 0. The lowest BCUT2D eigenvalue weighted by molar-refractivity contribution is -0.124. The maximum atomic E-state index is 11.6. The number of rotatable bonds is 7. The highest BCUT2D eigenvalue weighted by molar-refractivity contribution is 6.74. The van der Waals surface area contributed by atoms with Crippen molar-refractivity contribution in [2.45, 2.75) is 84.5 Å². The molecule has 17 heavy (non-hydrogen) atoms. The summed E-state index contributed by atoms with van der Waals surface area (Å²) in [5, 5.41) is 0.172. The Morgan fingerprint density at radius 3 is 2.12 bits per heavy atom. The first-order chi connectivity index (χ1) is 7.62. The number of unbranched alkanes of at least 4 members (excludes halogenated alkanes) is 2. The number of carbonyl (C=O) groups excluding carboxylic acids is 1. The summed E-state index contributed by atoms with van der Waals surface area (Å²) in [5.74, 6) is 0.186. The van der Waals surface area contributed by atoms with E-state index >= 15 is 0 Å². The molecule has 0 saturated carbocycles. The lowest BCUT2D eigenvalue weighted by atomic mass is 10.1. The second-order valence-corrected chi connectivity index (χ2v) is 11.2. The molecule has 0 fully saturated rings. The molecule has 0 aliphatic rings. The number of hydrogen-bond acceptors (Lipinski definition) is 2. The van der Waals surface area contributed by atoms with Gasteiger partial charge in [-0.25, -0.2) is 0 Å². The van der Waals surface area contributed by atoms with Gasteiger partial charge in [-0.15, -0.1) is 0 Å². The Labute approximate surface area is 108 Å². The van der Waals surface area contributed by atoms with Crippen molar-refractivity contribution in [3.05, 3.63) is 0 Å². The van der Waals surface area contributed by atoms with E-state index in [9.17, 15) is 4.79 Å². The third-order valence-electron chi connectivity index (χ3n) is 3.77. The second kappa shape index (κ2) is 6.69. The summed E-state index contributed by atoms with van der Waals surface area (Å²) in [6.07, 6.45) is 4.17. The average Bonchev–Trinajstić information content (AvgIpc) is 2.14. The van der Waals surface area contributed by atoms with Crippen molar-refractivity contribution in [1.82, 2.24) is 0 Å². The van der Waals surface area contributed by atoms with Gasteiger partial charge in [0.2, 0.25) is 0 Å². The van der Waals surface area contributed by atoms with Gasteiger partial charge in [0.15, 0.2) is 14.1 Å². The molecule has 1 atom stereocenters. The molecule has 0 aromatic carbocycles. The molecule has 0 rings (SSSR count). The van der Waals surface area contributed by atoms with Crippen molar-refractivity contribution in [1.29, 1.82) is 0 Å². The van der Waals surface area contributed by atoms with Crippen molar-refractivity contribution >= 4 is 14.1 Å². The van der Waals surface area contributed by atoms with Crippen LogP contribution in [0.5, 0.6) is 0 Å². The van der Waals surface area contributed by atoms with Crippen molar-refractivity contribution in [2.24, 2.45) is 0 Å². The normalized spacial score (nSPS) is 14.8. The van der Waals surface area contributed by atoms with Crippen LogP contribution >= 0.6 is 0 Å². The van der Waals surface area contributed by atoms with Crippen LogP contribution in [0.2, 0.25) is 18.1 Å². The minimum absolute atomic E-state index is 0.172. The minimum Gasteiger partial charge on any atom is -0.407 e. The van der Waals surface area contributed by atoms with Gasteiger partial charge in [0.05, 0.1) is 0 Å². The third kappa shape index (κ3) is 5.82. The predicted octanol–water partition coefficient (Wildman–Crippen LogP) is 4.55. The molecule has 0 bridgehead atoms. The van der Waals surface area contributed by atoms with E-state index in [4.69, 9.17) is 4.43 Å². The Kier molecular flexibility index (Phi) is 6.63. The smallest absolute Gasteiger partial charge is 0.193 e. The van der Waals surface area contributed by atoms with E-state index in [1.807, 2.05) is 0 Å². The Bertz CT molecular complexity index is 241. The van der Waals surface area contributed by atoms with Gasteiger partial charge in [-0.1, -0.05) is 47.0 Å². The molecule has 102 valence electrons. The summed E-state index contributed by atoms with van der Waals surface area (Å²) in [4.78, 5) is 11.6. The van der Waals surface area contributed by atoms with E-state index in [2.05, 4.69) is 40.8 Å².